The maximum absolute atomic E-state index is 13.1. The number of aryl methyl sites for hydroxylation is 1. The van der Waals surface area contributed by atoms with Gasteiger partial charge in [-0.05, 0) is 12.5 Å². The van der Waals surface area contributed by atoms with Gasteiger partial charge in [0.2, 0.25) is 11.8 Å². The number of nitrogens with zero attached hydrogens (tertiary/aromatic N) is 2. The van der Waals surface area contributed by atoms with Crippen LogP contribution in [0.2, 0.25) is 0 Å². The Morgan fingerprint density at radius 3 is 2.93 bits per heavy atom. The van der Waals surface area contributed by atoms with Crippen LogP contribution < -0.4 is 10.2 Å². The summed E-state index contributed by atoms with van der Waals surface area (Å²) >= 11 is 0. The molecule has 2 bridgehead atoms. The van der Waals surface area contributed by atoms with Crippen LogP contribution in [0.1, 0.15) is 11.3 Å². The summed E-state index contributed by atoms with van der Waals surface area (Å²) in [6.07, 6.45) is 3.46. The summed E-state index contributed by atoms with van der Waals surface area (Å²) in [7, 11) is 0. The van der Waals surface area contributed by atoms with Gasteiger partial charge in [0.1, 0.15) is 11.4 Å². The van der Waals surface area contributed by atoms with Crippen LogP contribution in [0.5, 0.6) is 0 Å². The molecule has 2 aromatic rings. The molecule has 0 saturated carbocycles. The molecule has 1 aromatic carbocycles. The van der Waals surface area contributed by atoms with Gasteiger partial charge in [-0.2, -0.15) is 0 Å². The zero-order valence-corrected chi connectivity index (χ0v) is 14.8. The number of rotatable bonds is 4. The molecule has 2 saturated heterocycles. The van der Waals surface area contributed by atoms with E-state index < -0.39 is 17.4 Å². The Hall–Kier alpha value is -2.93. The lowest BCUT2D eigenvalue weighted by atomic mass is 9.77. The maximum atomic E-state index is 13.1. The predicted molar refractivity (Wildman–Crippen MR) is 95.6 cm³/mol. The first-order valence-corrected chi connectivity index (χ1v) is 9.01. The summed E-state index contributed by atoms with van der Waals surface area (Å²) < 4.78 is 11.2. The van der Waals surface area contributed by atoms with Gasteiger partial charge >= 0.3 is 0 Å². The molecule has 0 unspecified atom stereocenters. The fraction of sp³-hybridized carbons (Fsp3) is 0.350. The van der Waals surface area contributed by atoms with Crippen molar-refractivity contribution in [1.82, 2.24) is 10.5 Å². The Kier molecular flexibility index (Phi) is 3.48. The number of nitrogens with one attached hydrogen (secondary N) is 1. The topological polar surface area (TPSA) is 84.7 Å². The van der Waals surface area contributed by atoms with Gasteiger partial charge in [-0.25, -0.2) is 0 Å². The molecule has 3 aliphatic heterocycles. The summed E-state index contributed by atoms with van der Waals surface area (Å²) in [5.74, 6) is -0.290. The molecule has 0 aliphatic carbocycles. The van der Waals surface area contributed by atoms with Crippen LogP contribution in [0.25, 0.3) is 0 Å². The van der Waals surface area contributed by atoms with Crippen molar-refractivity contribution in [3.8, 4) is 0 Å². The highest BCUT2D eigenvalue weighted by Crippen LogP contribution is 2.52. The second-order valence-electron chi connectivity index (χ2n) is 7.32. The van der Waals surface area contributed by atoms with Crippen molar-refractivity contribution in [1.29, 1.82) is 0 Å². The van der Waals surface area contributed by atoms with Gasteiger partial charge < -0.3 is 14.6 Å². The van der Waals surface area contributed by atoms with Crippen molar-refractivity contribution in [2.75, 3.05) is 11.4 Å². The van der Waals surface area contributed by atoms with Crippen molar-refractivity contribution in [3.05, 3.63) is 59.9 Å². The third kappa shape index (κ3) is 2.42. The molecule has 5 rings (SSSR count). The molecule has 7 nitrogen and oxygen atoms in total. The number of carbonyl (C=O) groups excluding carboxylic acids is 2. The van der Waals surface area contributed by atoms with Crippen LogP contribution >= 0.6 is 0 Å². The van der Waals surface area contributed by atoms with Crippen LogP contribution in [0.15, 0.2) is 53.1 Å². The Morgan fingerprint density at radius 1 is 1.37 bits per heavy atom. The number of benzene rings is 1. The molecule has 2 fully saturated rings. The Morgan fingerprint density at radius 2 is 2.19 bits per heavy atom. The first kappa shape index (κ1) is 16.3. The molecule has 4 heterocycles. The van der Waals surface area contributed by atoms with Gasteiger partial charge in [0, 0.05) is 12.6 Å². The van der Waals surface area contributed by atoms with Crippen LogP contribution in [0.3, 0.4) is 0 Å². The lowest BCUT2D eigenvalue weighted by Crippen LogP contribution is -2.44. The van der Waals surface area contributed by atoms with Crippen LogP contribution in [0.4, 0.5) is 5.82 Å². The normalized spacial score (nSPS) is 30.8. The van der Waals surface area contributed by atoms with Crippen molar-refractivity contribution in [2.45, 2.75) is 25.2 Å². The van der Waals surface area contributed by atoms with Crippen molar-refractivity contribution in [2.24, 2.45) is 11.8 Å². The maximum Gasteiger partial charge on any atom is 0.235 e. The van der Waals surface area contributed by atoms with Gasteiger partial charge in [0.25, 0.3) is 0 Å². The smallest absolute Gasteiger partial charge is 0.235 e. The lowest BCUT2D eigenvalue weighted by molar-refractivity contribution is -0.132. The van der Waals surface area contributed by atoms with Gasteiger partial charge in [-0.1, -0.05) is 47.6 Å². The number of aromatic nitrogens is 1. The number of carbonyl (C=O) groups is 2. The number of amides is 2. The third-order valence-corrected chi connectivity index (χ3v) is 5.60. The second kappa shape index (κ2) is 5.79. The minimum absolute atomic E-state index is 0.144. The van der Waals surface area contributed by atoms with E-state index in [1.807, 2.05) is 42.5 Å². The number of fused-ring (bicyclic) bond motifs is 1. The molecule has 138 valence electrons. The number of hydrogen-bond donors (Lipinski definition) is 1. The van der Waals surface area contributed by atoms with Crippen LogP contribution in [-0.2, 0) is 20.9 Å². The average molecular weight is 365 g/mol. The third-order valence-electron chi connectivity index (χ3n) is 5.60. The summed E-state index contributed by atoms with van der Waals surface area (Å²) in [4.78, 5) is 27.6. The highest BCUT2D eigenvalue weighted by molar-refractivity contribution is 6.02. The molecule has 1 spiro atoms. The highest BCUT2D eigenvalue weighted by atomic mass is 16.5. The molecular weight excluding hydrogens is 346 g/mol. The van der Waals surface area contributed by atoms with Gasteiger partial charge in [0.05, 0.1) is 24.5 Å². The predicted octanol–water partition coefficient (Wildman–Crippen LogP) is 1.59. The summed E-state index contributed by atoms with van der Waals surface area (Å²) in [5.41, 5.74) is 0.251. The number of ether oxygens (including phenoxy) is 1. The molecule has 7 heteroatoms. The van der Waals surface area contributed by atoms with E-state index >= 15 is 0 Å². The van der Waals surface area contributed by atoms with E-state index in [9.17, 15) is 9.59 Å². The van der Waals surface area contributed by atoms with Crippen LogP contribution in [-0.4, -0.2) is 35.2 Å². The van der Waals surface area contributed by atoms with E-state index in [1.54, 1.807) is 17.9 Å². The molecule has 3 aliphatic rings. The quantitative estimate of drug-likeness (QED) is 0.832. The van der Waals surface area contributed by atoms with E-state index in [4.69, 9.17) is 9.26 Å². The first-order chi connectivity index (χ1) is 13.1. The molecule has 0 radical (unpaired) electrons. The fourth-order valence-electron chi connectivity index (χ4n) is 4.37. The molecule has 1 N–H and O–H groups in total. The van der Waals surface area contributed by atoms with E-state index in [0.717, 1.165) is 5.56 Å². The van der Waals surface area contributed by atoms with Gasteiger partial charge in [0.15, 0.2) is 5.82 Å². The zero-order valence-electron chi connectivity index (χ0n) is 14.8. The second-order valence-corrected chi connectivity index (χ2v) is 7.32. The Bertz CT molecular complexity index is 938. The van der Waals surface area contributed by atoms with Crippen molar-refractivity contribution < 1.29 is 18.8 Å². The van der Waals surface area contributed by atoms with Crippen molar-refractivity contribution >= 4 is 17.6 Å². The van der Waals surface area contributed by atoms with E-state index in [1.165, 1.54) is 0 Å². The molecule has 1 aromatic heterocycles. The SMILES string of the molecule is Cc1cc(N2C[C@@]34C=C[C@@H](O3)[C@@H](C(=O)NCc3ccccc3)[C@@H]4C2=O)no1. The minimum atomic E-state index is -0.761. The Labute approximate surface area is 156 Å². The summed E-state index contributed by atoms with van der Waals surface area (Å²) in [6, 6.07) is 11.4. The van der Waals surface area contributed by atoms with Gasteiger partial charge in [-0.15, -0.1) is 0 Å². The van der Waals surface area contributed by atoms with E-state index in [0.29, 0.717) is 24.7 Å². The summed E-state index contributed by atoms with van der Waals surface area (Å²) in [6.45, 7) is 2.54. The number of hydrogen-bond acceptors (Lipinski definition) is 5. The largest absolute Gasteiger partial charge is 0.360 e. The lowest BCUT2D eigenvalue weighted by Gasteiger charge is -2.23. The van der Waals surface area contributed by atoms with E-state index in [2.05, 4.69) is 10.5 Å². The van der Waals surface area contributed by atoms with Gasteiger partial charge in [-0.3, -0.25) is 14.5 Å². The number of anilines is 1. The first-order valence-electron chi connectivity index (χ1n) is 9.01. The monoisotopic (exact) mass is 365 g/mol. The average Bonchev–Trinajstić information content (AvgIpc) is 3.42. The molecule has 27 heavy (non-hydrogen) atoms. The highest BCUT2D eigenvalue weighted by Gasteiger charge is 2.67. The molecular formula is C20H19N3O4. The molecule has 4 atom stereocenters. The van der Waals surface area contributed by atoms with Crippen LogP contribution in [0, 0.1) is 18.8 Å². The zero-order chi connectivity index (χ0) is 18.6. The van der Waals surface area contributed by atoms with E-state index in [-0.39, 0.29) is 17.9 Å². The van der Waals surface area contributed by atoms with Crippen molar-refractivity contribution in [3.63, 3.8) is 0 Å². The fourth-order valence-corrected chi connectivity index (χ4v) is 4.37. The standard InChI is InChI=1S/C20H19N3O4/c1-12-9-15(22-27-12)23-11-20-8-7-14(26-20)16(17(20)19(23)25)18(24)21-10-13-5-3-2-4-6-13/h2-9,14,16-17H,10-11H2,1H3,(H,21,24)/t14-,16-,17-,20-/m1/s1. The minimum Gasteiger partial charge on any atom is -0.360 e. The molecule has 2 amide bonds. The Balaban J connectivity index is 1.38. The summed E-state index contributed by atoms with van der Waals surface area (Å²) in [5, 5.41) is 6.91.